The van der Waals surface area contributed by atoms with Crippen molar-refractivity contribution in [3.63, 3.8) is 0 Å². The van der Waals surface area contributed by atoms with E-state index < -0.39 is 11.9 Å². The van der Waals surface area contributed by atoms with Gasteiger partial charge < -0.3 is 31.1 Å². The first-order valence-corrected chi connectivity index (χ1v) is 15.2. The molecular weight excluding hydrogens is 597 g/mol. The van der Waals surface area contributed by atoms with E-state index in [1.54, 1.807) is 32.4 Å². The van der Waals surface area contributed by atoms with Crippen LogP contribution < -0.4 is 26.0 Å². The van der Waals surface area contributed by atoms with Crippen molar-refractivity contribution in [2.24, 2.45) is 0 Å². The Morgan fingerprint density at radius 2 is 1.89 bits per heavy atom. The van der Waals surface area contributed by atoms with Crippen molar-refractivity contribution in [1.29, 1.82) is 0 Å². The molecule has 1 aromatic carbocycles. The Labute approximate surface area is 266 Å². The number of aliphatic hydroxyl groups excluding tert-OH is 1. The standard InChI is InChI=1S/C33H37ClFN7O3/c1-19(43)15-36-16-21-11-13-39-32(30(21)35)41-27-6-4-5-25(29(27)34)31-20(2)24(12-14-38-31)26-9-7-22(33(42-26)45-3)17-37-18-23-8-10-28(44)40-23/h4-7,9,11-14,19,23,36-37,43H,8,10,15-18H2,1-3H3,(H,39,41)(H,40,44). The van der Waals surface area contributed by atoms with E-state index in [1.807, 2.05) is 37.3 Å². The summed E-state index contributed by atoms with van der Waals surface area (Å²) in [5.41, 5.74) is 5.59. The molecule has 4 heterocycles. The zero-order valence-corrected chi connectivity index (χ0v) is 26.2. The molecule has 0 radical (unpaired) electrons. The first-order chi connectivity index (χ1) is 21.7. The van der Waals surface area contributed by atoms with Gasteiger partial charge in [-0.25, -0.2) is 14.4 Å². The third-order valence-corrected chi connectivity index (χ3v) is 8.04. The van der Waals surface area contributed by atoms with Crippen LogP contribution in [0.5, 0.6) is 5.88 Å². The number of aromatic nitrogens is 3. The molecule has 1 aliphatic rings. The van der Waals surface area contributed by atoms with Crippen molar-refractivity contribution in [3.8, 4) is 28.4 Å². The van der Waals surface area contributed by atoms with Crippen molar-refractivity contribution in [1.82, 2.24) is 30.9 Å². The van der Waals surface area contributed by atoms with Gasteiger partial charge in [0.2, 0.25) is 11.8 Å². The van der Waals surface area contributed by atoms with E-state index in [0.717, 1.165) is 28.8 Å². The normalized spacial score (nSPS) is 15.2. The fourth-order valence-electron chi connectivity index (χ4n) is 5.29. The number of halogens is 2. The lowest BCUT2D eigenvalue weighted by molar-refractivity contribution is -0.119. The van der Waals surface area contributed by atoms with Gasteiger partial charge in [0, 0.05) is 73.3 Å². The molecular formula is C33H37ClFN7O3. The molecule has 1 aliphatic heterocycles. The van der Waals surface area contributed by atoms with Crippen LogP contribution in [-0.4, -0.2) is 58.3 Å². The van der Waals surface area contributed by atoms with Crippen molar-refractivity contribution in [3.05, 3.63) is 82.4 Å². The summed E-state index contributed by atoms with van der Waals surface area (Å²) in [4.78, 5) is 25.1. The fraction of sp³-hybridized carbons (Fsp3) is 0.333. The molecule has 0 bridgehead atoms. The van der Waals surface area contributed by atoms with Crippen LogP contribution >= 0.6 is 11.6 Å². The minimum atomic E-state index is -0.539. The van der Waals surface area contributed by atoms with Crippen molar-refractivity contribution >= 4 is 29.0 Å². The summed E-state index contributed by atoms with van der Waals surface area (Å²) in [7, 11) is 1.59. The third-order valence-electron chi connectivity index (χ3n) is 7.63. The van der Waals surface area contributed by atoms with Gasteiger partial charge in [0.1, 0.15) is 0 Å². The SMILES string of the molecule is COc1nc(-c2ccnc(-c3cccc(Nc4nccc(CNCC(C)O)c4F)c3Cl)c2C)ccc1CNCC1CCC(=O)N1. The van der Waals surface area contributed by atoms with Crippen LogP contribution in [0.1, 0.15) is 36.5 Å². The highest BCUT2D eigenvalue weighted by Gasteiger charge is 2.21. The van der Waals surface area contributed by atoms with E-state index >= 15 is 4.39 Å². The molecule has 236 valence electrons. The first kappa shape index (κ1) is 32.2. The van der Waals surface area contributed by atoms with Gasteiger partial charge in [0.05, 0.1) is 35.3 Å². The van der Waals surface area contributed by atoms with E-state index in [2.05, 4.69) is 31.2 Å². The van der Waals surface area contributed by atoms with Gasteiger partial charge in [-0.3, -0.25) is 9.78 Å². The molecule has 1 saturated heterocycles. The van der Waals surface area contributed by atoms with Crippen molar-refractivity contribution < 1.29 is 19.0 Å². The van der Waals surface area contributed by atoms with E-state index in [9.17, 15) is 9.90 Å². The molecule has 4 aromatic rings. The maximum atomic E-state index is 15.3. The third kappa shape index (κ3) is 7.74. The maximum absolute atomic E-state index is 15.3. The number of carbonyl (C=O) groups is 1. The molecule has 2 unspecified atom stereocenters. The van der Waals surface area contributed by atoms with Gasteiger partial charge in [-0.15, -0.1) is 0 Å². The van der Waals surface area contributed by atoms with Gasteiger partial charge >= 0.3 is 0 Å². The predicted octanol–water partition coefficient (Wildman–Crippen LogP) is 4.90. The topological polar surface area (TPSA) is 133 Å². The summed E-state index contributed by atoms with van der Waals surface area (Å²) in [6, 6.07) is 13.0. The average Bonchev–Trinajstić information content (AvgIpc) is 3.45. The molecule has 3 aromatic heterocycles. The summed E-state index contributed by atoms with van der Waals surface area (Å²) >= 11 is 6.89. The van der Waals surface area contributed by atoms with Crippen LogP contribution in [0.15, 0.2) is 54.9 Å². The van der Waals surface area contributed by atoms with Gasteiger partial charge in [0.25, 0.3) is 0 Å². The molecule has 0 saturated carbocycles. The Balaban J connectivity index is 1.36. The molecule has 1 amide bonds. The highest BCUT2D eigenvalue weighted by Crippen LogP contribution is 2.38. The summed E-state index contributed by atoms with van der Waals surface area (Å²) in [5.74, 6) is 0.145. The summed E-state index contributed by atoms with van der Waals surface area (Å²) in [6.45, 7) is 5.43. The van der Waals surface area contributed by atoms with Crippen LogP contribution in [0.4, 0.5) is 15.9 Å². The Morgan fingerprint density at radius 3 is 2.64 bits per heavy atom. The van der Waals surface area contributed by atoms with E-state index in [0.29, 0.717) is 59.5 Å². The smallest absolute Gasteiger partial charge is 0.220 e. The number of anilines is 2. The summed E-state index contributed by atoms with van der Waals surface area (Å²) < 4.78 is 20.9. The van der Waals surface area contributed by atoms with E-state index in [4.69, 9.17) is 21.3 Å². The van der Waals surface area contributed by atoms with E-state index in [1.165, 1.54) is 6.20 Å². The number of hydrogen-bond donors (Lipinski definition) is 5. The number of hydrogen-bond acceptors (Lipinski definition) is 9. The molecule has 10 nitrogen and oxygen atoms in total. The van der Waals surface area contributed by atoms with Gasteiger partial charge in [-0.05, 0) is 50.1 Å². The molecule has 5 N–H and O–H groups in total. The quantitative estimate of drug-likeness (QED) is 0.139. The van der Waals surface area contributed by atoms with Gasteiger partial charge in [0.15, 0.2) is 11.6 Å². The Hall–Kier alpha value is -4.16. The van der Waals surface area contributed by atoms with Crippen molar-refractivity contribution in [2.75, 3.05) is 25.5 Å². The number of rotatable bonds is 13. The van der Waals surface area contributed by atoms with E-state index in [-0.39, 0.29) is 24.3 Å². The second-order valence-electron chi connectivity index (χ2n) is 11.0. The molecule has 45 heavy (non-hydrogen) atoms. The molecule has 1 fully saturated rings. The zero-order valence-electron chi connectivity index (χ0n) is 25.5. The Bertz CT molecular complexity index is 1670. The number of aliphatic hydroxyl groups is 1. The number of ether oxygens (including phenoxy) is 1. The lowest BCUT2D eigenvalue weighted by Crippen LogP contribution is -2.35. The van der Waals surface area contributed by atoms with Gasteiger partial charge in [-0.2, -0.15) is 0 Å². The van der Waals surface area contributed by atoms with Crippen LogP contribution in [0.25, 0.3) is 22.5 Å². The minimum absolute atomic E-state index is 0.0442. The van der Waals surface area contributed by atoms with Gasteiger partial charge in [-0.1, -0.05) is 29.8 Å². The second kappa shape index (κ2) is 14.7. The Morgan fingerprint density at radius 1 is 1.09 bits per heavy atom. The number of methoxy groups -OCH3 is 1. The monoisotopic (exact) mass is 633 g/mol. The number of amides is 1. The lowest BCUT2D eigenvalue weighted by atomic mass is 9.99. The average molecular weight is 634 g/mol. The first-order valence-electron chi connectivity index (χ1n) is 14.8. The molecule has 0 spiro atoms. The molecule has 2 atom stereocenters. The van der Waals surface area contributed by atoms with Crippen molar-refractivity contribution in [2.45, 2.75) is 51.9 Å². The molecule has 12 heteroatoms. The minimum Gasteiger partial charge on any atom is -0.481 e. The largest absolute Gasteiger partial charge is 0.481 e. The molecule has 0 aliphatic carbocycles. The second-order valence-corrected chi connectivity index (χ2v) is 11.4. The number of pyridine rings is 3. The zero-order chi connectivity index (χ0) is 31.9. The lowest BCUT2D eigenvalue weighted by Gasteiger charge is -2.16. The van der Waals surface area contributed by atoms with Crippen LogP contribution in [0, 0.1) is 12.7 Å². The maximum Gasteiger partial charge on any atom is 0.220 e. The highest BCUT2D eigenvalue weighted by molar-refractivity contribution is 6.36. The summed E-state index contributed by atoms with van der Waals surface area (Å²) in [6.07, 6.45) is 4.09. The van der Waals surface area contributed by atoms with Crippen LogP contribution in [-0.2, 0) is 17.9 Å². The molecule has 5 rings (SSSR count). The number of nitrogens with one attached hydrogen (secondary N) is 4. The van der Waals surface area contributed by atoms with Crippen LogP contribution in [0.2, 0.25) is 5.02 Å². The van der Waals surface area contributed by atoms with Crippen LogP contribution in [0.3, 0.4) is 0 Å². The summed E-state index contributed by atoms with van der Waals surface area (Å²) in [5, 5.41) is 22.3. The predicted molar refractivity (Wildman–Crippen MR) is 173 cm³/mol. The number of benzene rings is 1. The Kier molecular flexibility index (Phi) is 10.6. The highest BCUT2D eigenvalue weighted by atomic mass is 35.5. The number of nitrogens with zero attached hydrogens (tertiary/aromatic N) is 3. The number of carbonyl (C=O) groups excluding carboxylic acids is 1. The fourth-order valence-corrected chi connectivity index (χ4v) is 5.55.